The Balaban J connectivity index is 2.37. The van der Waals surface area contributed by atoms with Gasteiger partial charge in [-0.25, -0.2) is 0 Å². The number of guanidine groups is 1. The molecule has 0 spiro atoms. The molecule has 0 aliphatic rings. The zero-order valence-electron chi connectivity index (χ0n) is 15.2. The van der Waals surface area contributed by atoms with Crippen LogP contribution in [0, 0.1) is 6.92 Å². The van der Waals surface area contributed by atoms with E-state index in [0.717, 1.165) is 23.3 Å². The molecule has 0 unspecified atom stereocenters. The SMILES string of the molecule is CN=C(NCCc1cc(C)ccc1OC)NCCN(C)CC(F)(F)F. The minimum atomic E-state index is -4.18. The Morgan fingerprint density at radius 3 is 2.52 bits per heavy atom. The third-order valence-corrected chi connectivity index (χ3v) is 3.58. The van der Waals surface area contributed by atoms with Crippen molar-refractivity contribution < 1.29 is 17.9 Å². The van der Waals surface area contributed by atoms with Crippen LogP contribution in [0.4, 0.5) is 13.2 Å². The number of rotatable bonds is 8. The number of methoxy groups -OCH3 is 1. The molecule has 2 N–H and O–H groups in total. The summed E-state index contributed by atoms with van der Waals surface area (Å²) in [6.45, 7) is 2.38. The van der Waals surface area contributed by atoms with Crippen LogP contribution >= 0.6 is 0 Å². The monoisotopic (exact) mass is 360 g/mol. The van der Waals surface area contributed by atoms with Crippen LogP contribution in [-0.2, 0) is 6.42 Å². The summed E-state index contributed by atoms with van der Waals surface area (Å²) in [5.74, 6) is 1.40. The minimum absolute atomic E-state index is 0.270. The normalized spacial score (nSPS) is 12.4. The molecular formula is C17H27F3N4O. The number of nitrogens with one attached hydrogen (secondary N) is 2. The van der Waals surface area contributed by atoms with Crippen LogP contribution in [0.2, 0.25) is 0 Å². The maximum absolute atomic E-state index is 12.3. The Morgan fingerprint density at radius 2 is 1.92 bits per heavy atom. The molecule has 0 aliphatic heterocycles. The van der Waals surface area contributed by atoms with Crippen LogP contribution in [0.5, 0.6) is 5.75 Å². The highest BCUT2D eigenvalue weighted by atomic mass is 19.4. The van der Waals surface area contributed by atoms with Gasteiger partial charge in [-0.1, -0.05) is 17.7 Å². The summed E-state index contributed by atoms with van der Waals surface area (Å²) < 4.78 is 42.1. The van der Waals surface area contributed by atoms with Crippen LogP contribution in [0.25, 0.3) is 0 Å². The molecule has 8 heteroatoms. The third kappa shape index (κ3) is 8.62. The Labute approximate surface area is 147 Å². The molecule has 0 fully saturated rings. The Kier molecular flexibility index (Phi) is 8.54. The largest absolute Gasteiger partial charge is 0.496 e. The molecule has 25 heavy (non-hydrogen) atoms. The van der Waals surface area contributed by atoms with Crippen molar-refractivity contribution in [3.63, 3.8) is 0 Å². The van der Waals surface area contributed by atoms with Crippen molar-refractivity contribution in [2.75, 3.05) is 47.4 Å². The van der Waals surface area contributed by atoms with E-state index >= 15 is 0 Å². The lowest BCUT2D eigenvalue weighted by Crippen LogP contribution is -2.43. The van der Waals surface area contributed by atoms with Gasteiger partial charge in [-0.05, 0) is 32.0 Å². The van der Waals surface area contributed by atoms with Gasteiger partial charge in [-0.2, -0.15) is 13.2 Å². The van der Waals surface area contributed by atoms with Crippen molar-refractivity contribution in [1.82, 2.24) is 15.5 Å². The first-order chi connectivity index (χ1) is 11.7. The highest BCUT2D eigenvalue weighted by Gasteiger charge is 2.28. The van der Waals surface area contributed by atoms with Crippen molar-refractivity contribution in [1.29, 1.82) is 0 Å². The Morgan fingerprint density at radius 1 is 1.24 bits per heavy atom. The maximum Gasteiger partial charge on any atom is 0.401 e. The molecule has 0 bridgehead atoms. The fraction of sp³-hybridized carbons (Fsp3) is 0.588. The molecule has 0 saturated heterocycles. The van der Waals surface area contributed by atoms with Gasteiger partial charge in [0.15, 0.2) is 5.96 Å². The minimum Gasteiger partial charge on any atom is -0.496 e. The van der Waals surface area contributed by atoms with Crippen molar-refractivity contribution in [3.8, 4) is 5.75 Å². The second-order valence-electron chi connectivity index (χ2n) is 5.84. The van der Waals surface area contributed by atoms with Crippen LogP contribution in [0.15, 0.2) is 23.2 Å². The van der Waals surface area contributed by atoms with E-state index < -0.39 is 12.7 Å². The molecule has 0 heterocycles. The van der Waals surface area contributed by atoms with Gasteiger partial charge in [0.05, 0.1) is 13.7 Å². The van der Waals surface area contributed by atoms with Crippen molar-refractivity contribution in [2.24, 2.45) is 4.99 Å². The van der Waals surface area contributed by atoms with E-state index in [-0.39, 0.29) is 6.54 Å². The molecule has 0 atom stereocenters. The van der Waals surface area contributed by atoms with Crippen molar-refractivity contribution in [2.45, 2.75) is 19.5 Å². The smallest absolute Gasteiger partial charge is 0.401 e. The van der Waals surface area contributed by atoms with E-state index in [2.05, 4.69) is 21.7 Å². The van der Waals surface area contributed by atoms with Gasteiger partial charge in [0.2, 0.25) is 0 Å². The Bertz CT molecular complexity index is 561. The standard InChI is InChI=1S/C17H27F3N4O/c1-13-5-6-15(25-4)14(11-13)7-8-22-16(21-2)23-9-10-24(3)12-17(18,19)20/h5-6,11H,7-10,12H2,1-4H3,(H2,21,22,23). The van der Waals surface area contributed by atoms with Crippen molar-refractivity contribution >= 4 is 5.96 Å². The number of aryl methyl sites for hydroxylation is 1. The van der Waals surface area contributed by atoms with Crippen LogP contribution in [0.3, 0.4) is 0 Å². The highest BCUT2D eigenvalue weighted by Crippen LogP contribution is 2.19. The molecule has 1 aromatic rings. The number of hydrogen-bond acceptors (Lipinski definition) is 3. The van der Waals surface area contributed by atoms with Crippen LogP contribution < -0.4 is 15.4 Å². The molecule has 0 aromatic heterocycles. The van der Waals surface area contributed by atoms with Gasteiger partial charge < -0.3 is 15.4 Å². The van der Waals surface area contributed by atoms with Gasteiger partial charge in [0, 0.05) is 26.7 Å². The second-order valence-corrected chi connectivity index (χ2v) is 5.84. The second kappa shape index (κ2) is 10.1. The lowest BCUT2D eigenvalue weighted by atomic mass is 10.1. The zero-order chi connectivity index (χ0) is 18.9. The van der Waals surface area contributed by atoms with Gasteiger partial charge in [0.1, 0.15) is 5.75 Å². The maximum atomic E-state index is 12.3. The summed E-state index contributed by atoms with van der Waals surface area (Å²) in [5.41, 5.74) is 2.25. The fourth-order valence-corrected chi connectivity index (χ4v) is 2.39. The predicted molar refractivity (Wildman–Crippen MR) is 94.4 cm³/mol. The first-order valence-electron chi connectivity index (χ1n) is 8.08. The van der Waals surface area contributed by atoms with E-state index in [1.807, 2.05) is 19.1 Å². The van der Waals surface area contributed by atoms with Gasteiger partial charge in [-0.3, -0.25) is 9.89 Å². The summed E-state index contributed by atoms with van der Waals surface area (Å²) in [5, 5.41) is 6.16. The van der Waals surface area contributed by atoms with E-state index in [0.29, 0.717) is 19.0 Å². The van der Waals surface area contributed by atoms with Crippen LogP contribution in [-0.4, -0.2) is 64.4 Å². The fourth-order valence-electron chi connectivity index (χ4n) is 2.39. The lowest BCUT2D eigenvalue weighted by Gasteiger charge is -2.19. The van der Waals surface area contributed by atoms with E-state index in [1.165, 1.54) is 11.9 Å². The van der Waals surface area contributed by atoms with Crippen LogP contribution in [0.1, 0.15) is 11.1 Å². The van der Waals surface area contributed by atoms with Gasteiger partial charge >= 0.3 is 6.18 Å². The van der Waals surface area contributed by atoms with Crippen molar-refractivity contribution in [3.05, 3.63) is 29.3 Å². The summed E-state index contributed by atoms with van der Waals surface area (Å²) in [6.07, 6.45) is -3.43. The topological polar surface area (TPSA) is 48.9 Å². The summed E-state index contributed by atoms with van der Waals surface area (Å²) in [4.78, 5) is 5.29. The quantitative estimate of drug-likeness (QED) is 0.551. The predicted octanol–water partition coefficient (Wildman–Crippen LogP) is 2.21. The lowest BCUT2D eigenvalue weighted by molar-refractivity contribution is -0.142. The number of likely N-dealkylation sites (N-methyl/N-ethyl adjacent to an activating group) is 1. The molecule has 1 rings (SSSR count). The number of nitrogens with zero attached hydrogens (tertiary/aromatic N) is 2. The van der Waals surface area contributed by atoms with E-state index in [4.69, 9.17) is 4.74 Å². The molecular weight excluding hydrogens is 333 g/mol. The third-order valence-electron chi connectivity index (χ3n) is 3.58. The zero-order valence-corrected chi connectivity index (χ0v) is 15.2. The average Bonchev–Trinajstić information content (AvgIpc) is 2.52. The van der Waals surface area contributed by atoms with E-state index in [1.54, 1.807) is 14.2 Å². The first kappa shape index (κ1) is 21.1. The number of aliphatic imine (C=N–C) groups is 1. The summed E-state index contributed by atoms with van der Waals surface area (Å²) in [6, 6.07) is 6.00. The first-order valence-corrected chi connectivity index (χ1v) is 8.08. The molecule has 0 aliphatic carbocycles. The number of hydrogen-bond donors (Lipinski definition) is 2. The molecule has 5 nitrogen and oxygen atoms in total. The number of halogens is 3. The van der Waals surface area contributed by atoms with Gasteiger partial charge in [-0.15, -0.1) is 0 Å². The summed E-state index contributed by atoms with van der Waals surface area (Å²) >= 11 is 0. The molecule has 1 aromatic carbocycles. The average molecular weight is 360 g/mol. The highest BCUT2D eigenvalue weighted by molar-refractivity contribution is 5.79. The summed E-state index contributed by atoms with van der Waals surface area (Å²) in [7, 11) is 4.71. The molecule has 0 amide bonds. The molecule has 142 valence electrons. The van der Waals surface area contributed by atoms with Gasteiger partial charge in [0.25, 0.3) is 0 Å². The van der Waals surface area contributed by atoms with E-state index in [9.17, 15) is 13.2 Å². The molecule has 0 saturated carbocycles. The number of ether oxygens (including phenoxy) is 1. The number of alkyl halides is 3. The Hall–Kier alpha value is -1.96. The number of benzene rings is 1. The molecule has 0 radical (unpaired) electrons.